The Kier molecular flexibility index (Phi) is 17.4. The fourth-order valence-corrected chi connectivity index (χ4v) is 8.41. The summed E-state index contributed by atoms with van der Waals surface area (Å²) >= 11 is 0. The van der Waals surface area contributed by atoms with Crippen LogP contribution in [0.5, 0.6) is 0 Å². The molecule has 3 fully saturated rings. The minimum absolute atomic E-state index is 0.0936. The Balaban J connectivity index is 0.00000248. The van der Waals surface area contributed by atoms with Gasteiger partial charge < -0.3 is 74.2 Å². The lowest BCUT2D eigenvalue weighted by atomic mass is 9.74. The monoisotopic (exact) mass is 795 g/mol. The molecule has 5 N–H and O–H groups in total. The van der Waals surface area contributed by atoms with E-state index in [4.69, 9.17) is 43.7 Å². The van der Waals surface area contributed by atoms with Crippen molar-refractivity contribution in [2.75, 3.05) is 21.2 Å². The number of hydrogen-bond donors (Lipinski definition) is 5. The van der Waals surface area contributed by atoms with E-state index in [0.29, 0.717) is 6.42 Å². The third kappa shape index (κ3) is 11.7. The average Bonchev–Trinajstić information content (AvgIpc) is 3.08. The number of likely N-dealkylation sites (N-methyl/N-ethyl adjacent to an activating group) is 1. The summed E-state index contributed by atoms with van der Waals surface area (Å²) < 4.78 is 37.1. The molecule has 0 bridgehead atoms. The van der Waals surface area contributed by atoms with Crippen LogP contribution < -0.4 is 0 Å². The van der Waals surface area contributed by atoms with Crippen molar-refractivity contribution in [1.29, 1.82) is 0 Å². The molecule has 18 atom stereocenters. The van der Waals surface area contributed by atoms with Crippen molar-refractivity contribution in [3.63, 3.8) is 0 Å². The number of carbonyl (C=O) groups is 2. The number of ether oxygens (including phenoxy) is 6. The van der Waals surface area contributed by atoms with E-state index in [1.54, 1.807) is 41.5 Å². The zero-order chi connectivity index (χ0) is 42.5. The molecule has 55 heavy (non-hydrogen) atoms. The van der Waals surface area contributed by atoms with Gasteiger partial charge in [0.15, 0.2) is 12.6 Å². The number of aliphatic hydroxyl groups is 5. The lowest BCUT2D eigenvalue weighted by molar-refractivity contribution is -0.402. The van der Waals surface area contributed by atoms with Crippen LogP contribution in [0, 0.1) is 39.0 Å². The highest BCUT2D eigenvalue weighted by atomic mass is 16.9. The average molecular weight is 796 g/mol. The number of esters is 1. The Morgan fingerprint density at radius 1 is 0.909 bits per heavy atom. The van der Waals surface area contributed by atoms with Crippen molar-refractivity contribution >= 4 is 11.8 Å². The summed E-state index contributed by atoms with van der Waals surface area (Å²) in [4.78, 5) is 38.0. The predicted octanol–water partition coefficient (Wildman–Crippen LogP) is 1.55. The molecule has 3 rings (SSSR count). The van der Waals surface area contributed by atoms with Crippen LogP contribution in [0.25, 0.3) is 0 Å². The second-order valence-corrected chi connectivity index (χ2v) is 16.7. The molecule has 18 nitrogen and oxygen atoms in total. The molecule has 0 amide bonds. The van der Waals surface area contributed by atoms with E-state index in [1.165, 1.54) is 27.9 Å². The molecule has 3 heterocycles. The Labute approximate surface area is 324 Å². The number of hydrogen-bond acceptors (Lipinski definition) is 17. The van der Waals surface area contributed by atoms with Gasteiger partial charge in [-0.2, -0.15) is 0 Å². The molecule has 0 aromatic rings. The third-order valence-electron chi connectivity index (χ3n) is 11.8. The fraction of sp³-hybridized carbons (Fsp3) is 0.946. The zero-order valence-electron chi connectivity index (χ0n) is 34.6. The number of carbonyl (C=O) groups excluding carboxylic acids is 2. The molecule has 3 saturated heterocycles. The van der Waals surface area contributed by atoms with E-state index in [-0.39, 0.29) is 31.4 Å². The van der Waals surface area contributed by atoms with Gasteiger partial charge in [-0.15, -0.1) is 0 Å². The van der Waals surface area contributed by atoms with Gasteiger partial charge in [0.25, 0.3) is 0 Å². The van der Waals surface area contributed by atoms with E-state index in [2.05, 4.69) is 0 Å². The largest absolute Gasteiger partial charge is 0.459 e. The minimum Gasteiger partial charge on any atom is -0.459 e. The number of cyclic esters (lactones) is 1. The first kappa shape index (κ1) is 49.0. The van der Waals surface area contributed by atoms with E-state index < -0.39 is 113 Å². The first-order valence-corrected chi connectivity index (χ1v) is 19.0. The van der Waals surface area contributed by atoms with Crippen molar-refractivity contribution in [2.24, 2.45) is 23.7 Å². The lowest BCUT2D eigenvalue weighted by Gasteiger charge is -2.49. The highest BCUT2D eigenvalue weighted by Gasteiger charge is 2.53. The summed E-state index contributed by atoms with van der Waals surface area (Å²) in [5, 5.41) is 72.4. The van der Waals surface area contributed by atoms with Gasteiger partial charge in [0, 0.05) is 37.3 Å². The maximum absolute atomic E-state index is 14.1. The van der Waals surface area contributed by atoms with E-state index >= 15 is 0 Å². The summed E-state index contributed by atoms with van der Waals surface area (Å²) in [5.41, 5.74) is -4.84. The van der Waals surface area contributed by atoms with Gasteiger partial charge in [-0.3, -0.25) is 9.59 Å². The van der Waals surface area contributed by atoms with Crippen LogP contribution >= 0.6 is 0 Å². The van der Waals surface area contributed by atoms with E-state index in [9.17, 15) is 35.1 Å². The first-order valence-electron chi connectivity index (χ1n) is 19.0. The summed E-state index contributed by atoms with van der Waals surface area (Å²) in [6.45, 7) is 16.3. The summed E-state index contributed by atoms with van der Waals surface area (Å²) in [5.74, 6) is -4.98. The molecule has 0 aliphatic carbocycles. The van der Waals surface area contributed by atoms with Gasteiger partial charge in [0.1, 0.15) is 29.7 Å². The minimum atomic E-state index is -1.99. The van der Waals surface area contributed by atoms with E-state index in [0.717, 1.165) is 0 Å². The first-order chi connectivity index (χ1) is 25.2. The molecular formula is C37H67N2O16-. The topological polar surface area (TPSA) is 260 Å². The SMILES string of the molecule is CC[C@H]1OC(=O)[C@H](C)[C@@H](O[C@H]2C[C@@](C)(OC)[C@@H](O)[C@H](C)O2)[C@H](C)[C@@H](O[C@@H]2O[C@H](C)C[C@H](N(C)C)[C@H]2O)[C@](C)(O)C[C@@H](C)C(=O)[C@H](C)[C@@H](O)[C@]1(C)O.O=[N+]([O-])[O-]. The van der Waals surface area contributed by atoms with Gasteiger partial charge in [0.05, 0.1) is 52.7 Å². The number of ketones is 1. The molecule has 322 valence electrons. The molecule has 0 unspecified atom stereocenters. The zero-order valence-corrected chi connectivity index (χ0v) is 34.6. The van der Waals surface area contributed by atoms with Crippen LogP contribution in [0.4, 0.5) is 0 Å². The normalized spacial score (nSPS) is 46.6. The van der Waals surface area contributed by atoms with Crippen LogP contribution in [0.15, 0.2) is 0 Å². The van der Waals surface area contributed by atoms with Crippen LogP contribution in [0.3, 0.4) is 0 Å². The maximum atomic E-state index is 14.1. The van der Waals surface area contributed by atoms with E-state index in [1.807, 2.05) is 25.9 Å². The molecule has 0 aromatic carbocycles. The van der Waals surface area contributed by atoms with Gasteiger partial charge in [-0.05, 0) is 74.9 Å². The van der Waals surface area contributed by atoms with Crippen LogP contribution in [0.1, 0.15) is 94.9 Å². The number of methoxy groups -OCH3 is 1. The second kappa shape index (κ2) is 19.6. The Bertz CT molecular complexity index is 1270. The molecule has 0 spiro atoms. The van der Waals surface area contributed by atoms with Crippen molar-refractivity contribution in [1.82, 2.24) is 4.90 Å². The summed E-state index contributed by atoms with van der Waals surface area (Å²) in [6.07, 6.45) is -9.71. The Hall–Kier alpha value is -2.10. The summed E-state index contributed by atoms with van der Waals surface area (Å²) in [7, 11) is 5.18. The molecule has 18 heteroatoms. The van der Waals surface area contributed by atoms with Crippen LogP contribution in [-0.2, 0) is 38.0 Å². The number of aliphatic hydroxyl groups excluding tert-OH is 3. The van der Waals surface area contributed by atoms with Gasteiger partial charge in [-0.1, -0.05) is 27.7 Å². The van der Waals surface area contributed by atoms with Crippen LogP contribution in [-0.4, -0.2) is 153 Å². The van der Waals surface area contributed by atoms with Crippen molar-refractivity contribution < 1.29 is 68.6 Å². The highest BCUT2D eigenvalue weighted by molar-refractivity contribution is 5.83. The van der Waals surface area contributed by atoms with Crippen molar-refractivity contribution in [3.8, 4) is 0 Å². The van der Waals surface area contributed by atoms with Gasteiger partial charge in [-0.25, -0.2) is 0 Å². The quantitative estimate of drug-likeness (QED) is 0.139. The Morgan fingerprint density at radius 2 is 1.47 bits per heavy atom. The number of nitrogens with zero attached hydrogens (tertiary/aromatic N) is 2. The van der Waals surface area contributed by atoms with Crippen molar-refractivity contribution in [3.05, 3.63) is 15.3 Å². The van der Waals surface area contributed by atoms with Crippen LogP contribution in [0.2, 0.25) is 0 Å². The fourth-order valence-electron chi connectivity index (χ4n) is 8.41. The standard InChI is InChI=1S/C37H67NO13.NO3/c1-14-25-37(10,45)30(41)20(4)27(39)18(2)16-35(8,44)32(51-34-28(40)24(38(11)12)15-19(3)47-34)21(5)29(22(6)33(43)49-25)50-26-17-36(9,46-13)31(42)23(7)48-26;2-1(3)4/h18-26,28-32,34,40-42,44-45H,14-17H2,1-13H3;/q;-1/t18-,19-,20+,21+,22-,23+,24+,25-,26+,28-,29+,30-,31+,32-,34+,35-,36-,37-;/m1./s1. The smallest absolute Gasteiger partial charge is 0.311 e. The lowest BCUT2D eigenvalue weighted by Crippen LogP contribution is -2.61. The summed E-state index contributed by atoms with van der Waals surface area (Å²) in [6, 6.07) is -0.324. The molecular weight excluding hydrogens is 728 g/mol. The van der Waals surface area contributed by atoms with Crippen molar-refractivity contribution in [2.45, 2.75) is 179 Å². The maximum Gasteiger partial charge on any atom is 0.311 e. The predicted molar refractivity (Wildman–Crippen MR) is 197 cm³/mol. The van der Waals surface area contributed by atoms with Gasteiger partial charge >= 0.3 is 5.97 Å². The Morgan fingerprint density at radius 3 is 1.98 bits per heavy atom. The molecule has 0 aromatic heterocycles. The molecule has 3 aliphatic heterocycles. The number of Topliss-reactive ketones (excluding diaryl/α,β-unsaturated/α-hetero) is 1. The van der Waals surface area contributed by atoms with Gasteiger partial charge in [0.2, 0.25) is 0 Å². The highest BCUT2D eigenvalue weighted by Crippen LogP contribution is 2.40. The second-order valence-electron chi connectivity index (χ2n) is 16.7. The molecule has 0 saturated carbocycles. The molecule has 3 aliphatic rings. The molecule has 0 radical (unpaired) electrons. The number of rotatable bonds is 7. The third-order valence-corrected chi connectivity index (χ3v) is 11.8.